The predicted molar refractivity (Wildman–Crippen MR) is 96.1 cm³/mol. The number of nitrogens with two attached hydrogens (primary N) is 1. The molecule has 142 valence electrons. The van der Waals surface area contributed by atoms with Crippen molar-refractivity contribution in [3.63, 3.8) is 0 Å². The van der Waals surface area contributed by atoms with Crippen molar-refractivity contribution in [2.45, 2.75) is 0 Å². The Morgan fingerprint density at radius 2 is 1.68 bits per heavy atom. The highest BCUT2D eigenvalue weighted by Crippen LogP contribution is 2.32. The molecule has 0 unspecified atom stereocenters. The third-order valence-electron chi connectivity index (χ3n) is 3.29. The monoisotopic (exact) mass is 414 g/mol. The first-order valence-corrected chi connectivity index (χ1v) is 9.31. The highest BCUT2D eigenvalue weighted by atomic mass is 35.5. The maximum absolute atomic E-state index is 8.74. The SMILES string of the molecule is N=C(N)N1CCN(CCOc2c(Cl)cccc2Cl)CC1.O=S(=O)(O)O. The van der Waals surface area contributed by atoms with Crippen LogP contribution >= 0.6 is 23.2 Å². The second kappa shape index (κ2) is 10.00. The second-order valence-corrected chi connectivity index (χ2v) is 6.77. The summed E-state index contributed by atoms with van der Waals surface area (Å²) in [7, 11) is -4.67. The van der Waals surface area contributed by atoms with Crippen molar-refractivity contribution in [1.29, 1.82) is 5.41 Å². The lowest BCUT2D eigenvalue weighted by atomic mass is 10.3. The van der Waals surface area contributed by atoms with E-state index >= 15 is 0 Å². The Bertz CT molecular complexity index is 653. The van der Waals surface area contributed by atoms with Crippen LogP contribution in [0, 0.1) is 5.41 Å². The van der Waals surface area contributed by atoms with Crippen LogP contribution in [0.25, 0.3) is 0 Å². The van der Waals surface area contributed by atoms with Crippen molar-refractivity contribution in [2.24, 2.45) is 5.73 Å². The van der Waals surface area contributed by atoms with Gasteiger partial charge in [-0.05, 0) is 12.1 Å². The van der Waals surface area contributed by atoms with Crippen molar-refractivity contribution in [3.8, 4) is 5.75 Å². The minimum absolute atomic E-state index is 0.142. The van der Waals surface area contributed by atoms with Gasteiger partial charge in [-0.2, -0.15) is 8.42 Å². The number of benzene rings is 1. The number of hydrogen-bond acceptors (Lipinski definition) is 5. The molecule has 0 saturated carbocycles. The summed E-state index contributed by atoms with van der Waals surface area (Å²) in [6.45, 7) is 4.64. The van der Waals surface area contributed by atoms with E-state index in [9.17, 15) is 0 Å². The molecule has 1 heterocycles. The zero-order valence-corrected chi connectivity index (χ0v) is 15.6. The smallest absolute Gasteiger partial charge is 0.394 e. The van der Waals surface area contributed by atoms with Gasteiger partial charge in [0, 0.05) is 32.7 Å². The zero-order chi connectivity index (χ0) is 19.0. The average Bonchev–Trinajstić information content (AvgIpc) is 2.49. The predicted octanol–water partition coefficient (Wildman–Crippen LogP) is 1.23. The molecule has 1 aliphatic heterocycles. The summed E-state index contributed by atoms with van der Waals surface area (Å²) >= 11 is 12.1. The number of para-hydroxylation sites is 1. The number of hydrogen-bond donors (Lipinski definition) is 4. The average molecular weight is 415 g/mol. The van der Waals surface area contributed by atoms with E-state index in [1.807, 2.05) is 4.90 Å². The Balaban J connectivity index is 0.000000550. The third kappa shape index (κ3) is 9.10. The molecule has 0 radical (unpaired) electrons. The summed E-state index contributed by atoms with van der Waals surface area (Å²) in [5, 5.41) is 8.44. The molecule has 1 fully saturated rings. The van der Waals surface area contributed by atoms with Crippen LogP contribution in [0.3, 0.4) is 0 Å². The number of ether oxygens (including phenoxy) is 1. The molecule has 1 aliphatic rings. The Morgan fingerprint density at radius 1 is 1.20 bits per heavy atom. The van der Waals surface area contributed by atoms with Gasteiger partial charge in [-0.3, -0.25) is 19.4 Å². The van der Waals surface area contributed by atoms with E-state index in [0.717, 1.165) is 32.7 Å². The van der Waals surface area contributed by atoms with Gasteiger partial charge < -0.3 is 15.4 Å². The summed E-state index contributed by atoms with van der Waals surface area (Å²) in [6, 6.07) is 5.31. The van der Waals surface area contributed by atoms with Crippen LogP contribution in [0.2, 0.25) is 10.0 Å². The number of guanidine groups is 1. The van der Waals surface area contributed by atoms with Crippen LogP contribution in [0.15, 0.2) is 18.2 Å². The van der Waals surface area contributed by atoms with Crippen molar-refractivity contribution >= 4 is 39.6 Å². The summed E-state index contributed by atoms with van der Waals surface area (Å²) in [4.78, 5) is 4.13. The van der Waals surface area contributed by atoms with E-state index < -0.39 is 10.4 Å². The van der Waals surface area contributed by atoms with E-state index in [1.165, 1.54) is 0 Å². The lowest BCUT2D eigenvalue weighted by molar-refractivity contribution is 0.153. The molecule has 2 rings (SSSR count). The topological polar surface area (TPSA) is 140 Å². The highest BCUT2D eigenvalue weighted by molar-refractivity contribution is 7.79. The maximum Gasteiger partial charge on any atom is 0.394 e. The molecule has 9 nitrogen and oxygen atoms in total. The van der Waals surface area contributed by atoms with Crippen LogP contribution in [-0.2, 0) is 10.4 Å². The van der Waals surface area contributed by atoms with Gasteiger partial charge in [-0.25, -0.2) is 0 Å². The van der Waals surface area contributed by atoms with Crippen LogP contribution in [-0.4, -0.2) is 72.6 Å². The summed E-state index contributed by atoms with van der Waals surface area (Å²) < 4.78 is 37.2. The Morgan fingerprint density at radius 3 is 2.12 bits per heavy atom. The molecule has 0 bridgehead atoms. The van der Waals surface area contributed by atoms with Crippen LogP contribution < -0.4 is 10.5 Å². The highest BCUT2D eigenvalue weighted by Gasteiger charge is 2.17. The lowest BCUT2D eigenvalue weighted by Crippen LogP contribution is -2.51. The van der Waals surface area contributed by atoms with Gasteiger partial charge in [0.25, 0.3) is 0 Å². The van der Waals surface area contributed by atoms with Gasteiger partial charge >= 0.3 is 10.4 Å². The number of piperazine rings is 1. The molecule has 12 heteroatoms. The van der Waals surface area contributed by atoms with E-state index in [1.54, 1.807) is 18.2 Å². The number of halogens is 2. The van der Waals surface area contributed by atoms with Crippen LogP contribution in [0.1, 0.15) is 0 Å². The number of nitrogens with zero attached hydrogens (tertiary/aromatic N) is 2. The minimum atomic E-state index is -4.67. The largest absolute Gasteiger partial charge is 0.489 e. The van der Waals surface area contributed by atoms with E-state index in [4.69, 9.17) is 56.6 Å². The summed E-state index contributed by atoms with van der Waals surface area (Å²) in [5.41, 5.74) is 5.46. The van der Waals surface area contributed by atoms with Crippen molar-refractivity contribution in [2.75, 3.05) is 39.3 Å². The van der Waals surface area contributed by atoms with Crippen molar-refractivity contribution in [3.05, 3.63) is 28.2 Å². The second-order valence-electron chi connectivity index (χ2n) is 5.06. The first-order chi connectivity index (χ1) is 11.6. The Kier molecular flexibility index (Phi) is 8.69. The van der Waals surface area contributed by atoms with Gasteiger partial charge in [0.05, 0.1) is 10.0 Å². The van der Waals surface area contributed by atoms with E-state index in [0.29, 0.717) is 22.4 Å². The van der Waals surface area contributed by atoms with E-state index in [-0.39, 0.29) is 5.96 Å². The molecule has 0 amide bonds. The molecule has 1 aromatic rings. The normalized spacial score (nSPS) is 15.3. The van der Waals surface area contributed by atoms with Gasteiger partial charge in [0.15, 0.2) is 11.7 Å². The molecule has 0 atom stereocenters. The fourth-order valence-corrected chi connectivity index (χ4v) is 2.62. The Labute approximate surface area is 156 Å². The zero-order valence-electron chi connectivity index (χ0n) is 13.2. The van der Waals surface area contributed by atoms with Gasteiger partial charge in [-0.1, -0.05) is 29.3 Å². The minimum Gasteiger partial charge on any atom is -0.489 e. The fraction of sp³-hybridized carbons (Fsp3) is 0.462. The maximum atomic E-state index is 8.74. The molecule has 0 spiro atoms. The first-order valence-electron chi connectivity index (χ1n) is 7.16. The molecule has 1 saturated heterocycles. The van der Waals surface area contributed by atoms with Crippen LogP contribution in [0.4, 0.5) is 0 Å². The van der Waals surface area contributed by atoms with E-state index in [2.05, 4.69) is 4.90 Å². The number of rotatable bonds is 4. The van der Waals surface area contributed by atoms with Crippen molar-refractivity contribution < 1.29 is 22.3 Å². The molecule has 1 aromatic carbocycles. The molecular weight excluding hydrogens is 395 g/mol. The quantitative estimate of drug-likeness (QED) is 0.327. The molecule has 0 aromatic heterocycles. The fourth-order valence-electron chi connectivity index (χ4n) is 2.11. The molecule has 5 N–H and O–H groups in total. The number of nitrogens with one attached hydrogen (secondary N) is 1. The molecule has 0 aliphatic carbocycles. The Hall–Kier alpha value is -1.30. The third-order valence-corrected chi connectivity index (χ3v) is 3.88. The molecule has 25 heavy (non-hydrogen) atoms. The summed E-state index contributed by atoms with van der Waals surface area (Å²) in [5.74, 6) is 0.682. The van der Waals surface area contributed by atoms with Gasteiger partial charge in [-0.15, -0.1) is 0 Å². The molecular formula is C13H20Cl2N4O5S. The standard InChI is InChI=1S/C13H18Cl2N4O.H2O4S/c14-10-2-1-3-11(15)12(10)20-9-8-18-4-6-19(7-5-18)13(16)17;1-5(2,3)4/h1-3H,4-9H2,(H3,16,17);(H2,1,2,3,4). The van der Waals surface area contributed by atoms with Crippen LogP contribution in [0.5, 0.6) is 5.75 Å². The van der Waals surface area contributed by atoms with Gasteiger partial charge in [0.2, 0.25) is 0 Å². The van der Waals surface area contributed by atoms with Gasteiger partial charge in [0.1, 0.15) is 6.61 Å². The summed E-state index contributed by atoms with van der Waals surface area (Å²) in [6.07, 6.45) is 0. The van der Waals surface area contributed by atoms with Crippen molar-refractivity contribution in [1.82, 2.24) is 9.80 Å². The lowest BCUT2D eigenvalue weighted by Gasteiger charge is -2.34. The first kappa shape index (κ1) is 21.7.